The number of carbonyl (C=O) groups is 2. The first-order valence-corrected chi connectivity index (χ1v) is 6.98. The third kappa shape index (κ3) is 2.56. The summed E-state index contributed by atoms with van der Waals surface area (Å²) in [5.74, 6) is -0.162. The lowest BCUT2D eigenvalue weighted by molar-refractivity contribution is -0.132. The minimum absolute atomic E-state index is 0.0269. The number of amides is 2. The van der Waals surface area contributed by atoms with E-state index in [9.17, 15) is 9.59 Å². The molecule has 1 aliphatic heterocycles. The molecule has 2 rings (SSSR count). The number of likely N-dealkylation sites (tertiary alicyclic amines) is 1. The van der Waals surface area contributed by atoms with Crippen molar-refractivity contribution in [1.82, 2.24) is 14.8 Å². The Kier molecular flexibility index (Phi) is 3.75. The van der Waals surface area contributed by atoms with E-state index in [0.717, 1.165) is 12.8 Å². The second-order valence-electron chi connectivity index (χ2n) is 4.86. The average molecular weight is 282 g/mol. The largest absolute Gasteiger partial charge is 0.375 e. The maximum atomic E-state index is 12.5. The molecule has 2 N–H and O–H groups in total. The zero-order chi connectivity index (χ0) is 14.2. The van der Waals surface area contributed by atoms with Crippen molar-refractivity contribution in [2.75, 3.05) is 26.4 Å². The monoisotopic (exact) mass is 282 g/mol. The first kappa shape index (κ1) is 13.8. The zero-order valence-corrected chi connectivity index (χ0v) is 12.2. The maximum Gasteiger partial charge on any atom is 0.266 e. The van der Waals surface area contributed by atoms with Gasteiger partial charge < -0.3 is 15.5 Å². The van der Waals surface area contributed by atoms with Crippen LogP contribution in [0.25, 0.3) is 0 Å². The van der Waals surface area contributed by atoms with E-state index in [4.69, 9.17) is 5.73 Å². The molecule has 1 saturated heterocycles. The highest BCUT2D eigenvalue weighted by atomic mass is 32.1. The van der Waals surface area contributed by atoms with E-state index in [1.54, 1.807) is 25.9 Å². The lowest BCUT2D eigenvalue weighted by Gasteiger charge is -2.25. The Morgan fingerprint density at radius 2 is 2.16 bits per heavy atom. The van der Waals surface area contributed by atoms with Gasteiger partial charge in [0.05, 0.1) is 5.69 Å². The Hall–Kier alpha value is -1.63. The quantitative estimate of drug-likeness (QED) is 0.867. The molecule has 2 heterocycles. The van der Waals surface area contributed by atoms with E-state index in [0.29, 0.717) is 22.2 Å². The Morgan fingerprint density at radius 3 is 2.68 bits per heavy atom. The number of nitrogen functional groups attached to an aromatic ring is 1. The molecule has 1 aromatic heterocycles. The molecule has 0 radical (unpaired) electrons. The summed E-state index contributed by atoms with van der Waals surface area (Å²) >= 11 is 1.18. The Morgan fingerprint density at radius 1 is 1.47 bits per heavy atom. The fraction of sp³-hybridized carbons (Fsp3) is 0.583. The number of hydrogen-bond acceptors (Lipinski definition) is 5. The molecule has 104 valence electrons. The van der Waals surface area contributed by atoms with Crippen molar-refractivity contribution in [3.8, 4) is 0 Å². The lowest BCUT2D eigenvalue weighted by Crippen LogP contribution is -2.45. The van der Waals surface area contributed by atoms with Crippen LogP contribution in [0.1, 0.15) is 28.2 Å². The third-order valence-electron chi connectivity index (χ3n) is 3.25. The van der Waals surface area contributed by atoms with Crippen molar-refractivity contribution < 1.29 is 9.59 Å². The van der Waals surface area contributed by atoms with Gasteiger partial charge >= 0.3 is 0 Å². The number of nitrogens with two attached hydrogens (primary N) is 1. The van der Waals surface area contributed by atoms with Crippen molar-refractivity contribution in [2.24, 2.45) is 0 Å². The van der Waals surface area contributed by atoms with Gasteiger partial charge in [-0.3, -0.25) is 9.59 Å². The fourth-order valence-electron chi connectivity index (χ4n) is 2.31. The molecule has 0 saturated carbocycles. The standard InChI is InChI=1S/C12H18N4O2S/c1-7-9(19-12(13)14-7)11(18)16-6-4-5-8(16)10(17)15(2)3/h8H,4-6H2,1-3H3,(H2,13,14). The first-order chi connectivity index (χ1) is 8.91. The van der Waals surface area contributed by atoms with E-state index in [1.807, 2.05) is 0 Å². The number of hydrogen-bond donors (Lipinski definition) is 1. The molecule has 0 spiro atoms. The van der Waals surface area contributed by atoms with Gasteiger partial charge in [-0.25, -0.2) is 4.98 Å². The van der Waals surface area contributed by atoms with Crippen molar-refractivity contribution in [1.29, 1.82) is 0 Å². The number of carbonyl (C=O) groups excluding carboxylic acids is 2. The predicted molar refractivity (Wildman–Crippen MR) is 74.0 cm³/mol. The van der Waals surface area contributed by atoms with Crippen molar-refractivity contribution in [3.63, 3.8) is 0 Å². The molecule has 1 aliphatic rings. The highest BCUT2D eigenvalue weighted by Gasteiger charge is 2.36. The normalized spacial score (nSPS) is 18.7. The Labute approximate surface area is 116 Å². The summed E-state index contributed by atoms with van der Waals surface area (Å²) in [6.07, 6.45) is 1.57. The van der Waals surface area contributed by atoms with Gasteiger partial charge in [0.25, 0.3) is 5.91 Å². The Bertz CT molecular complexity index is 512. The van der Waals surface area contributed by atoms with Gasteiger partial charge in [0.1, 0.15) is 10.9 Å². The molecule has 7 heteroatoms. The third-order valence-corrected chi connectivity index (χ3v) is 4.22. The van der Waals surface area contributed by atoms with Crippen molar-refractivity contribution in [3.05, 3.63) is 10.6 Å². The van der Waals surface area contributed by atoms with Gasteiger partial charge in [0, 0.05) is 20.6 Å². The number of anilines is 1. The minimum atomic E-state index is -0.356. The molecule has 1 aromatic rings. The molecular formula is C12H18N4O2S. The Balaban J connectivity index is 2.23. The molecule has 2 amide bonds. The summed E-state index contributed by atoms with van der Waals surface area (Å²) in [6.45, 7) is 2.37. The zero-order valence-electron chi connectivity index (χ0n) is 11.3. The molecule has 1 atom stereocenters. The molecule has 19 heavy (non-hydrogen) atoms. The van der Waals surface area contributed by atoms with E-state index in [2.05, 4.69) is 4.98 Å². The molecule has 0 bridgehead atoms. The van der Waals surface area contributed by atoms with Crippen LogP contribution >= 0.6 is 11.3 Å². The summed E-state index contributed by atoms with van der Waals surface area (Å²) < 4.78 is 0. The summed E-state index contributed by atoms with van der Waals surface area (Å²) in [4.78, 5) is 32.3. The van der Waals surface area contributed by atoms with Crippen molar-refractivity contribution in [2.45, 2.75) is 25.8 Å². The van der Waals surface area contributed by atoms with Crippen LogP contribution < -0.4 is 5.73 Å². The first-order valence-electron chi connectivity index (χ1n) is 6.17. The van der Waals surface area contributed by atoms with Crippen LogP contribution in [0.15, 0.2) is 0 Å². The highest BCUT2D eigenvalue weighted by molar-refractivity contribution is 7.17. The topological polar surface area (TPSA) is 79.5 Å². The van der Waals surface area contributed by atoms with E-state index in [-0.39, 0.29) is 17.9 Å². The lowest BCUT2D eigenvalue weighted by atomic mass is 10.2. The molecular weight excluding hydrogens is 264 g/mol. The SMILES string of the molecule is Cc1nc(N)sc1C(=O)N1CCCC1C(=O)N(C)C. The van der Waals surface area contributed by atoms with Crippen LogP contribution in [0.5, 0.6) is 0 Å². The summed E-state index contributed by atoms with van der Waals surface area (Å²) in [5, 5.41) is 0.385. The van der Waals surface area contributed by atoms with Gasteiger partial charge in [-0.05, 0) is 19.8 Å². The van der Waals surface area contributed by atoms with Gasteiger partial charge in [-0.1, -0.05) is 11.3 Å². The number of nitrogens with zero attached hydrogens (tertiary/aromatic N) is 3. The molecule has 1 unspecified atom stereocenters. The highest BCUT2D eigenvalue weighted by Crippen LogP contribution is 2.26. The van der Waals surface area contributed by atoms with Crippen molar-refractivity contribution >= 4 is 28.3 Å². The van der Waals surface area contributed by atoms with Crippen LogP contribution in [0, 0.1) is 6.92 Å². The second-order valence-corrected chi connectivity index (χ2v) is 5.89. The van der Waals surface area contributed by atoms with Gasteiger partial charge in [0.2, 0.25) is 5.91 Å². The van der Waals surface area contributed by atoms with Crippen LogP contribution in [0.3, 0.4) is 0 Å². The maximum absolute atomic E-state index is 12.5. The number of rotatable bonds is 2. The van der Waals surface area contributed by atoms with E-state index >= 15 is 0 Å². The van der Waals surface area contributed by atoms with Gasteiger partial charge in [-0.15, -0.1) is 0 Å². The molecule has 0 aromatic carbocycles. The summed E-state index contributed by atoms with van der Waals surface area (Å²) in [6, 6.07) is -0.356. The molecule has 0 aliphatic carbocycles. The second kappa shape index (κ2) is 5.16. The fourth-order valence-corrected chi connectivity index (χ4v) is 3.10. The number of thiazole rings is 1. The number of aromatic nitrogens is 1. The van der Waals surface area contributed by atoms with Gasteiger partial charge in [-0.2, -0.15) is 0 Å². The summed E-state index contributed by atoms with van der Waals surface area (Å²) in [5.41, 5.74) is 6.25. The van der Waals surface area contributed by atoms with Crippen LogP contribution in [0.2, 0.25) is 0 Å². The van der Waals surface area contributed by atoms with Crippen LogP contribution in [-0.2, 0) is 4.79 Å². The molecule has 1 fully saturated rings. The minimum Gasteiger partial charge on any atom is -0.375 e. The van der Waals surface area contributed by atoms with E-state index < -0.39 is 0 Å². The number of aryl methyl sites for hydroxylation is 1. The number of likely N-dealkylation sites (N-methyl/N-ethyl adjacent to an activating group) is 1. The smallest absolute Gasteiger partial charge is 0.266 e. The van der Waals surface area contributed by atoms with Crippen LogP contribution in [-0.4, -0.2) is 53.3 Å². The van der Waals surface area contributed by atoms with Crippen LogP contribution in [0.4, 0.5) is 5.13 Å². The average Bonchev–Trinajstić information content (AvgIpc) is 2.93. The predicted octanol–water partition coefficient (Wildman–Crippen LogP) is 0.727. The summed E-state index contributed by atoms with van der Waals surface area (Å²) in [7, 11) is 3.42. The van der Waals surface area contributed by atoms with Gasteiger partial charge in [0.15, 0.2) is 5.13 Å². The van der Waals surface area contributed by atoms with E-state index in [1.165, 1.54) is 16.2 Å². The molecule has 6 nitrogen and oxygen atoms in total.